The third-order valence-electron chi connectivity index (χ3n) is 3.27. The Bertz CT molecular complexity index is 677. The van der Waals surface area contributed by atoms with Gasteiger partial charge in [-0.15, -0.1) is 0 Å². The maximum atomic E-state index is 11.0. The molecule has 2 aromatic rings. The predicted octanol–water partition coefficient (Wildman–Crippen LogP) is 3.58. The minimum absolute atomic E-state index is 0. The second kappa shape index (κ2) is 12.9. The predicted molar refractivity (Wildman–Crippen MR) is 114 cm³/mol. The van der Waals surface area contributed by atoms with Crippen LogP contribution in [0.5, 0.6) is 0 Å². The van der Waals surface area contributed by atoms with Gasteiger partial charge >= 0.3 is 17.1 Å². The molecule has 0 saturated carbocycles. The van der Waals surface area contributed by atoms with Crippen LogP contribution in [-0.4, -0.2) is 23.3 Å². The number of aryl methyl sites for hydroxylation is 4. The van der Waals surface area contributed by atoms with Crippen molar-refractivity contribution in [3.63, 3.8) is 0 Å². The fourth-order valence-corrected chi connectivity index (χ4v) is 2.63. The number of anilines is 2. The molecule has 0 aliphatic carbocycles. The molecule has 0 aliphatic heterocycles. The van der Waals surface area contributed by atoms with Crippen molar-refractivity contribution in [1.29, 1.82) is 0 Å². The Morgan fingerprint density at radius 2 is 0.926 bits per heavy atom. The molecule has 0 unspecified atom stereocenters. The number of hydrogen-bond acceptors (Lipinski definition) is 4. The fraction of sp³-hybridized carbons (Fsp3) is 0.300. The van der Waals surface area contributed by atoms with Crippen molar-refractivity contribution in [2.75, 3.05) is 22.1 Å². The van der Waals surface area contributed by atoms with Crippen molar-refractivity contribution in [2.45, 2.75) is 27.7 Å². The van der Waals surface area contributed by atoms with E-state index < -0.39 is 0 Å². The fourth-order valence-electron chi connectivity index (χ4n) is 2.49. The second-order valence-corrected chi connectivity index (χ2v) is 6.72. The second-order valence-electron chi connectivity index (χ2n) is 6.14. The van der Waals surface area contributed by atoms with E-state index in [1.165, 1.54) is 0 Å². The van der Waals surface area contributed by atoms with Gasteiger partial charge in [0.05, 0.1) is 0 Å². The molecule has 0 aromatic heterocycles. The number of hydrogen-bond donors (Lipinski definition) is 2. The van der Waals surface area contributed by atoms with Crippen LogP contribution in [0.3, 0.4) is 0 Å². The molecule has 2 amide bonds. The Kier molecular flexibility index (Phi) is 12.2. The molecule has 7 heteroatoms. The molecule has 0 heterocycles. The Morgan fingerprint density at radius 3 is 1.15 bits per heavy atom. The molecule has 2 N–H and O–H groups in total. The molecule has 0 saturated heterocycles. The van der Waals surface area contributed by atoms with Gasteiger partial charge in [-0.1, -0.05) is 23.6 Å². The van der Waals surface area contributed by atoms with E-state index in [4.69, 9.17) is 0 Å². The first kappa shape index (κ1) is 25.6. The Hall–Kier alpha value is -1.40. The van der Waals surface area contributed by atoms with E-state index in [1.807, 2.05) is 52.0 Å². The summed E-state index contributed by atoms with van der Waals surface area (Å²) in [6.07, 6.45) is 0. The number of benzene rings is 2. The van der Waals surface area contributed by atoms with Crippen LogP contribution in [0.2, 0.25) is 0 Å². The largest absolute Gasteiger partial charge is 2.00 e. The first-order valence-electron chi connectivity index (χ1n) is 8.16. The molecule has 0 spiro atoms. The summed E-state index contributed by atoms with van der Waals surface area (Å²) >= 11 is 9.25. The summed E-state index contributed by atoms with van der Waals surface area (Å²) in [5, 5.41) is 5.46. The van der Waals surface area contributed by atoms with Crippen molar-refractivity contribution in [2.24, 2.45) is 0 Å². The molecule has 27 heavy (non-hydrogen) atoms. The first-order chi connectivity index (χ1) is 12.2. The maximum absolute atomic E-state index is 11.0. The van der Waals surface area contributed by atoms with Crippen LogP contribution in [0.15, 0.2) is 36.4 Å². The van der Waals surface area contributed by atoms with Crippen LogP contribution in [0.1, 0.15) is 22.3 Å². The monoisotopic (exact) mass is 443 g/mol. The number of carbonyl (C=O) groups excluding carboxylic acids is 2. The molecule has 145 valence electrons. The quantitative estimate of drug-likeness (QED) is 0.560. The maximum Gasteiger partial charge on any atom is 2.00 e. The summed E-state index contributed by atoms with van der Waals surface area (Å²) in [6, 6.07) is 11.8. The summed E-state index contributed by atoms with van der Waals surface area (Å²) in [5.41, 5.74) is 6.21. The normalized spacial score (nSPS) is 9.41. The van der Waals surface area contributed by atoms with Crippen LogP contribution in [0, 0.1) is 27.7 Å². The van der Waals surface area contributed by atoms with Gasteiger partial charge in [0, 0.05) is 11.4 Å². The molecule has 1 radical (unpaired) electrons. The van der Waals surface area contributed by atoms with Gasteiger partial charge in [-0.3, -0.25) is 9.59 Å². The molecule has 4 nitrogen and oxygen atoms in total. The van der Waals surface area contributed by atoms with E-state index in [9.17, 15) is 9.59 Å². The minimum atomic E-state index is -0.125. The van der Waals surface area contributed by atoms with Gasteiger partial charge in [-0.05, 0) is 74.2 Å². The van der Waals surface area contributed by atoms with Crippen LogP contribution >= 0.6 is 0 Å². The van der Waals surface area contributed by atoms with Crippen molar-refractivity contribution >= 4 is 48.4 Å². The zero-order valence-electron chi connectivity index (χ0n) is 15.9. The Morgan fingerprint density at radius 1 is 0.667 bits per heavy atom. The van der Waals surface area contributed by atoms with Gasteiger partial charge in [-0.2, -0.15) is 0 Å². The average molecular weight is 443 g/mol. The minimum Gasteiger partial charge on any atom is -0.783 e. The van der Waals surface area contributed by atoms with Gasteiger partial charge in [0.25, 0.3) is 0 Å². The van der Waals surface area contributed by atoms with E-state index >= 15 is 0 Å². The van der Waals surface area contributed by atoms with E-state index in [-0.39, 0.29) is 40.4 Å². The van der Waals surface area contributed by atoms with E-state index in [2.05, 4.69) is 48.0 Å². The molecular weight excluding hydrogens is 419 g/mol. The van der Waals surface area contributed by atoms with Crippen LogP contribution in [0.4, 0.5) is 11.4 Å². The average Bonchev–Trinajstić information content (AvgIpc) is 2.53. The van der Waals surface area contributed by atoms with E-state index in [1.54, 1.807) is 0 Å². The molecule has 0 atom stereocenters. The third-order valence-corrected chi connectivity index (χ3v) is 3.80. The standard InChI is InChI=1S/2C10H13NOS.Mn/c2*1-7-3-8(2)5-9(4-7)11-10(12)6-13;/h2*3-5,13H,6H2,1-2H3,(H,11,12);/q;;+2/p-2. The number of carbonyl (C=O) groups is 2. The number of amides is 2. The van der Waals surface area contributed by atoms with Crippen molar-refractivity contribution < 1.29 is 26.7 Å². The molecule has 0 bridgehead atoms. The van der Waals surface area contributed by atoms with Crippen molar-refractivity contribution in [1.82, 2.24) is 0 Å². The summed E-state index contributed by atoms with van der Waals surface area (Å²) in [6.45, 7) is 7.99. The zero-order chi connectivity index (χ0) is 19.7. The van der Waals surface area contributed by atoms with Crippen LogP contribution < -0.4 is 10.6 Å². The number of nitrogens with one attached hydrogen (secondary N) is 2. The Balaban J connectivity index is 0.000000483. The van der Waals surface area contributed by atoms with Gasteiger partial charge in [0.15, 0.2) is 11.8 Å². The van der Waals surface area contributed by atoms with E-state index in [0.29, 0.717) is 0 Å². The summed E-state index contributed by atoms with van der Waals surface area (Å²) in [7, 11) is 0. The van der Waals surface area contributed by atoms with Gasteiger partial charge < -0.3 is 35.9 Å². The van der Waals surface area contributed by atoms with Gasteiger partial charge in [-0.25, -0.2) is 0 Å². The smallest absolute Gasteiger partial charge is 0.783 e. The summed E-state index contributed by atoms with van der Waals surface area (Å²) < 4.78 is 0. The molecular formula is C20H24MnN2O2S2. The van der Waals surface area contributed by atoms with Gasteiger partial charge in [0.2, 0.25) is 0 Å². The Labute approximate surface area is 183 Å². The topological polar surface area (TPSA) is 58.2 Å². The van der Waals surface area contributed by atoms with Crippen LogP contribution in [0.25, 0.3) is 0 Å². The molecule has 2 rings (SSSR count). The molecule has 2 aromatic carbocycles. The molecule has 0 fully saturated rings. The van der Waals surface area contributed by atoms with Crippen molar-refractivity contribution in [3.8, 4) is 0 Å². The first-order valence-corrected chi connectivity index (χ1v) is 9.31. The zero-order valence-corrected chi connectivity index (χ0v) is 18.7. The third kappa shape index (κ3) is 10.5. The van der Waals surface area contributed by atoms with Crippen molar-refractivity contribution in [3.05, 3.63) is 58.7 Å². The molecule has 0 aliphatic rings. The van der Waals surface area contributed by atoms with E-state index in [0.717, 1.165) is 33.6 Å². The summed E-state index contributed by atoms with van der Waals surface area (Å²) in [4.78, 5) is 22.0. The number of rotatable bonds is 4. The van der Waals surface area contributed by atoms with Gasteiger partial charge in [0.1, 0.15) is 0 Å². The SMILES string of the molecule is Cc1cc(C)cc(NC(=O)C[S-])c1.Cc1cc(C)cc(NC(=O)C[S-])c1.[Mn+2]. The van der Waals surface area contributed by atoms with Crippen LogP contribution in [-0.2, 0) is 51.9 Å². The summed E-state index contributed by atoms with van der Waals surface area (Å²) in [5.74, 6) is -0.0417.